The van der Waals surface area contributed by atoms with Crippen LogP contribution in [-0.2, 0) is 20.7 Å². The van der Waals surface area contributed by atoms with Crippen LogP contribution in [0.4, 0.5) is 11.4 Å². The van der Waals surface area contributed by atoms with Gasteiger partial charge in [-0.25, -0.2) is 0 Å². The predicted octanol–water partition coefficient (Wildman–Crippen LogP) is 6.58. The Morgan fingerprint density at radius 3 is 2.48 bits per heavy atom. The van der Waals surface area contributed by atoms with E-state index in [4.69, 9.17) is 32.7 Å². The third-order valence-corrected chi connectivity index (χ3v) is 8.72. The van der Waals surface area contributed by atoms with Gasteiger partial charge in [0.1, 0.15) is 5.75 Å². The Hall–Kier alpha value is -2.48. The van der Waals surface area contributed by atoms with Crippen molar-refractivity contribution in [3.8, 4) is 5.75 Å². The van der Waals surface area contributed by atoms with Crippen LogP contribution in [0, 0.1) is 5.92 Å². The van der Waals surface area contributed by atoms with E-state index in [-0.39, 0.29) is 24.5 Å². The molecule has 0 unspecified atom stereocenters. The van der Waals surface area contributed by atoms with Crippen LogP contribution in [0.2, 0.25) is 10.0 Å². The fourth-order valence-corrected chi connectivity index (χ4v) is 5.91. The van der Waals surface area contributed by atoms with Crippen molar-refractivity contribution in [2.45, 2.75) is 58.8 Å². The molecule has 1 aliphatic heterocycles. The minimum absolute atomic E-state index is 0.0422. The van der Waals surface area contributed by atoms with Gasteiger partial charge >= 0.3 is 5.97 Å². The van der Waals surface area contributed by atoms with E-state index < -0.39 is 0 Å². The van der Waals surface area contributed by atoms with Crippen LogP contribution in [-0.4, -0.2) is 62.8 Å². The third-order valence-electron chi connectivity index (χ3n) is 7.91. The van der Waals surface area contributed by atoms with E-state index in [1.54, 1.807) is 0 Å². The minimum Gasteiger partial charge on any atom is -0.494 e. The first-order valence-corrected chi connectivity index (χ1v) is 15.2. The molecule has 7 nitrogen and oxygen atoms in total. The van der Waals surface area contributed by atoms with Crippen molar-refractivity contribution in [2.75, 3.05) is 55.9 Å². The van der Waals surface area contributed by atoms with Gasteiger partial charge in [-0.15, -0.1) is 0 Å². The number of piperazine rings is 1. The second-order valence-electron chi connectivity index (χ2n) is 10.6. The number of carbonyl (C=O) groups excluding carboxylic acids is 2. The van der Waals surface area contributed by atoms with E-state index in [2.05, 4.69) is 9.80 Å². The van der Waals surface area contributed by atoms with Gasteiger partial charge in [0.05, 0.1) is 33.9 Å². The lowest BCUT2D eigenvalue weighted by atomic mass is 10.1. The standard InChI is InChI=1S/C31H41Cl2N3O4/c1-3-24-13-14-26(21-29(24)36(23(2)37)22-40-31(38)25-9-4-5-10-25)39-20-7-6-15-34-16-18-35(19-17-34)28-12-8-11-27(32)30(28)33/h8,11-14,21,25H,3-7,9-10,15-20,22H2,1-2H3. The molecule has 2 aromatic rings. The van der Waals surface area contributed by atoms with E-state index in [1.165, 1.54) is 11.8 Å². The second-order valence-corrected chi connectivity index (χ2v) is 11.4. The third kappa shape index (κ3) is 8.05. The summed E-state index contributed by atoms with van der Waals surface area (Å²) < 4.78 is 11.6. The molecule has 1 saturated carbocycles. The lowest BCUT2D eigenvalue weighted by Crippen LogP contribution is -2.46. The molecule has 1 amide bonds. The first-order valence-electron chi connectivity index (χ1n) is 14.5. The summed E-state index contributed by atoms with van der Waals surface area (Å²) in [6.45, 7) is 8.90. The predicted molar refractivity (Wildman–Crippen MR) is 162 cm³/mol. The van der Waals surface area contributed by atoms with Gasteiger partial charge in [0, 0.05) is 39.2 Å². The molecular weight excluding hydrogens is 549 g/mol. The first-order chi connectivity index (χ1) is 19.4. The molecule has 1 saturated heterocycles. The number of ether oxygens (including phenoxy) is 2. The van der Waals surface area contributed by atoms with E-state index in [1.807, 2.05) is 43.3 Å². The minimum atomic E-state index is -0.205. The van der Waals surface area contributed by atoms with Crippen LogP contribution in [0.5, 0.6) is 5.75 Å². The van der Waals surface area contributed by atoms with Crippen molar-refractivity contribution in [3.05, 3.63) is 52.0 Å². The maximum Gasteiger partial charge on any atom is 0.310 e. The average molecular weight is 591 g/mol. The van der Waals surface area contributed by atoms with Crippen molar-refractivity contribution in [1.82, 2.24) is 4.90 Å². The van der Waals surface area contributed by atoms with Crippen LogP contribution in [0.25, 0.3) is 0 Å². The maximum atomic E-state index is 12.5. The molecule has 2 aromatic carbocycles. The summed E-state index contributed by atoms with van der Waals surface area (Å²) in [4.78, 5) is 31.3. The zero-order valence-corrected chi connectivity index (χ0v) is 25.2. The van der Waals surface area contributed by atoms with Crippen LogP contribution in [0.3, 0.4) is 0 Å². The van der Waals surface area contributed by atoms with E-state index >= 15 is 0 Å². The summed E-state index contributed by atoms with van der Waals surface area (Å²) in [6.07, 6.45) is 6.59. The summed E-state index contributed by atoms with van der Waals surface area (Å²) in [6, 6.07) is 11.6. The summed E-state index contributed by atoms with van der Waals surface area (Å²) in [5.41, 5.74) is 2.76. The highest BCUT2D eigenvalue weighted by molar-refractivity contribution is 6.43. The first kappa shape index (κ1) is 30.5. The average Bonchev–Trinajstić information content (AvgIpc) is 3.50. The van der Waals surface area contributed by atoms with Crippen LogP contribution in [0.1, 0.15) is 57.9 Å². The lowest BCUT2D eigenvalue weighted by Gasteiger charge is -2.36. The fourth-order valence-electron chi connectivity index (χ4n) is 5.50. The van der Waals surface area contributed by atoms with E-state index in [9.17, 15) is 9.59 Å². The van der Waals surface area contributed by atoms with Crippen molar-refractivity contribution < 1.29 is 19.1 Å². The fraction of sp³-hybridized carbons (Fsp3) is 0.548. The highest BCUT2D eigenvalue weighted by atomic mass is 35.5. The van der Waals surface area contributed by atoms with E-state index in [0.717, 1.165) is 94.6 Å². The summed E-state index contributed by atoms with van der Waals surface area (Å²) in [5, 5.41) is 1.22. The Labute approximate surface area is 248 Å². The second kappa shape index (κ2) is 14.9. The van der Waals surface area contributed by atoms with Gasteiger partial charge in [-0.1, -0.05) is 55.1 Å². The largest absolute Gasteiger partial charge is 0.494 e. The van der Waals surface area contributed by atoms with Gasteiger partial charge in [0.15, 0.2) is 6.73 Å². The van der Waals surface area contributed by atoms with Gasteiger partial charge in [0.25, 0.3) is 0 Å². The number of carbonyl (C=O) groups is 2. The molecule has 0 spiro atoms. The maximum absolute atomic E-state index is 12.5. The normalized spacial score (nSPS) is 16.2. The van der Waals surface area contributed by atoms with Crippen LogP contribution >= 0.6 is 23.2 Å². The Morgan fingerprint density at radius 2 is 1.77 bits per heavy atom. The van der Waals surface area contributed by atoms with Gasteiger partial charge in [0.2, 0.25) is 5.91 Å². The zero-order valence-electron chi connectivity index (χ0n) is 23.7. The molecule has 0 aromatic heterocycles. The molecule has 0 atom stereocenters. The number of unbranched alkanes of at least 4 members (excludes halogenated alkanes) is 1. The van der Waals surface area contributed by atoms with Crippen molar-refractivity contribution >= 4 is 46.5 Å². The van der Waals surface area contributed by atoms with Crippen molar-refractivity contribution in [1.29, 1.82) is 0 Å². The highest BCUT2D eigenvalue weighted by Gasteiger charge is 2.26. The molecular formula is C31H41Cl2N3O4. The van der Waals surface area contributed by atoms with Crippen LogP contribution in [0.15, 0.2) is 36.4 Å². The molecule has 0 radical (unpaired) electrons. The Bertz CT molecular complexity index is 1150. The summed E-state index contributed by atoms with van der Waals surface area (Å²) in [7, 11) is 0. The van der Waals surface area contributed by atoms with Gasteiger partial charge in [-0.3, -0.25) is 19.4 Å². The number of hydrogen-bond acceptors (Lipinski definition) is 6. The Balaban J connectivity index is 1.22. The summed E-state index contributed by atoms with van der Waals surface area (Å²) in [5.74, 6) is 0.305. The van der Waals surface area contributed by atoms with Gasteiger partial charge < -0.3 is 14.4 Å². The number of halogens is 2. The molecule has 218 valence electrons. The van der Waals surface area contributed by atoms with Crippen molar-refractivity contribution in [2.24, 2.45) is 5.92 Å². The number of anilines is 2. The summed E-state index contributed by atoms with van der Waals surface area (Å²) >= 11 is 12.6. The SMILES string of the molecule is CCc1ccc(OCCCCN2CCN(c3cccc(Cl)c3Cl)CC2)cc1N(COC(=O)C1CCCC1)C(C)=O. The number of hydrogen-bond donors (Lipinski definition) is 0. The molecule has 4 rings (SSSR count). The number of esters is 1. The Morgan fingerprint density at radius 1 is 1.02 bits per heavy atom. The van der Waals surface area contributed by atoms with Gasteiger partial charge in [-0.2, -0.15) is 0 Å². The number of benzene rings is 2. The molecule has 0 N–H and O–H groups in total. The van der Waals surface area contributed by atoms with Crippen LogP contribution < -0.4 is 14.5 Å². The topological polar surface area (TPSA) is 62.3 Å². The zero-order chi connectivity index (χ0) is 28.5. The molecule has 40 heavy (non-hydrogen) atoms. The smallest absolute Gasteiger partial charge is 0.310 e. The molecule has 9 heteroatoms. The Kier molecular flexibility index (Phi) is 11.4. The van der Waals surface area contributed by atoms with E-state index in [0.29, 0.717) is 22.4 Å². The number of aryl methyl sites for hydroxylation is 1. The van der Waals surface area contributed by atoms with Crippen molar-refractivity contribution in [3.63, 3.8) is 0 Å². The molecule has 2 aliphatic rings. The van der Waals surface area contributed by atoms with Gasteiger partial charge in [-0.05, 0) is 62.4 Å². The molecule has 1 aliphatic carbocycles. The monoisotopic (exact) mass is 589 g/mol. The number of nitrogens with zero attached hydrogens (tertiary/aromatic N) is 3. The highest BCUT2D eigenvalue weighted by Crippen LogP contribution is 2.33. The quantitative estimate of drug-likeness (QED) is 0.158. The number of amides is 1. The molecule has 2 fully saturated rings. The lowest BCUT2D eigenvalue weighted by molar-refractivity contribution is -0.148. The molecule has 0 bridgehead atoms. The number of rotatable bonds is 12. The molecule has 1 heterocycles.